The van der Waals surface area contributed by atoms with Gasteiger partial charge in [-0.15, -0.1) is 0 Å². The van der Waals surface area contributed by atoms with Crippen LogP contribution in [0, 0.1) is 0 Å². The second-order valence-corrected chi connectivity index (χ2v) is 4.76. The largest absolute Gasteiger partial charge is 0.377 e. The Labute approximate surface area is 118 Å². The first-order chi connectivity index (χ1) is 9.71. The topological polar surface area (TPSA) is 88.2 Å². The van der Waals surface area contributed by atoms with E-state index in [1.54, 1.807) is 20.2 Å². The molecule has 7 nitrogen and oxygen atoms in total. The second-order valence-electron chi connectivity index (χ2n) is 4.76. The van der Waals surface area contributed by atoms with Gasteiger partial charge in [-0.1, -0.05) is 0 Å². The van der Waals surface area contributed by atoms with Gasteiger partial charge in [-0.3, -0.25) is 4.79 Å². The number of nitrogens with one attached hydrogen (secondary N) is 3. The average molecular weight is 279 g/mol. The van der Waals surface area contributed by atoms with Crippen molar-refractivity contribution in [3.63, 3.8) is 0 Å². The molecule has 1 aliphatic rings. The van der Waals surface area contributed by atoms with E-state index in [2.05, 4.69) is 25.9 Å². The van der Waals surface area contributed by atoms with Crippen molar-refractivity contribution in [2.45, 2.75) is 31.9 Å². The number of carbonyl (C=O) groups excluding carboxylic acids is 1. The molecule has 0 bridgehead atoms. The quantitative estimate of drug-likeness (QED) is 0.650. The van der Waals surface area contributed by atoms with Crippen LogP contribution in [0.3, 0.4) is 0 Å². The lowest BCUT2D eigenvalue weighted by molar-refractivity contribution is -0.120. The highest BCUT2D eigenvalue weighted by Gasteiger charge is 2.22. The van der Waals surface area contributed by atoms with E-state index in [4.69, 9.17) is 4.74 Å². The van der Waals surface area contributed by atoms with Gasteiger partial charge in [0.1, 0.15) is 18.2 Å². The van der Waals surface area contributed by atoms with Gasteiger partial charge in [0.15, 0.2) is 5.82 Å². The van der Waals surface area contributed by atoms with Gasteiger partial charge in [-0.25, -0.2) is 9.97 Å². The number of aromatic nitrogens is 2. The molecule has 0 aliphatic heterocycles. The summed E-state index contributed by atoms with van der Waals surface area (Å²) in [5, 5.41) is 9.06. The fourth-order valence-electron chi connectivity index (χ4n) is 1.74. The molecular weight excluding hydrogens is 258 g/mol. The van der Waals surface area contributed by atoms with Crippen molar-refractivity contribution in [3.8, 4) is 0 Å². The lowest BCUT2D eigenvalue weighted by Gasteiger charge is -2.09. The molecule has 1 saturated carbocycles. The summed E-state index contributed by atoms with van der Waals surface area (Å²) < 4.78 is 5.03. The summed E-state index contributed by atoms with van der Waals surface area (Å²) in [5.41, 5.74) is 0. The summed E-state index contributed by atoms with van der Waals surface area (Å²) in [6.45, 7) is 0.900. The van der Waals surface area contributed by atoms with Crippen molar-refractivity contribution in [1.82, 2.24) is 15.3 Å². The van der Waals surface area contributed by atoms with Crippen LogP contribution in [-0.4, -0.2) is 42.6 Å². The Morgan fingerprint density at radius 3 is 2.80 bits per heavy atom. The normalized spacial score (nSPS) is 13.9. The van der Waals surface area contributed by atoms with Crippen LogP contribution in [-0.2, 0) is 16.1 Å². The number of rotatable bonds is 8. The molecule has 0 unspecified atom stereocenters. The summed E-state index contributed by atoms with van der Waals surface area (Å²) in [7, 11) is 3.40. The maximum absolute atomic E-state index is 11.6. The van der Waals surface area contributed by atoms with Crippen LogP contribution in [0.2, 0.25) is 0 Å². The van der Waals surface area contributed by atoms with E-state index in [-0.39, 0.29) is 5.91 Å². The molecule has 0 spiro atoms. The van der Waals surface area contributed by atoms with Crippen LogP contribution < -0.4 is 16.0 Å². The molecule has 3 N–H and O–H groups in total. The molecule has 0 atom stereocenters. The molecule has 1 amide bonds. The Balaban J connectivity index is 1.83. The summed E-state index contributed by atoms with van der Waals surface area (Å²) >= 11 is 0. The summed E-state index contributed by atoms with van der Waals surface area (Å²) in [5.74, 6) is 2.09. The molecule has 1 heterocycles. The zero-order valence-corrected chi connectivity index (χ0v) is 11.9. The zero-order valence-electron chi connectivity index (χ0n) is 11.9. The second kappa shape index (κ2) is 7.04. The van der Waals surface area contributed by atoms with Crippen molar-refractivity contribution in [2.24, 2.45) is 0 Å². The van der Waals surface area contributed by atoms with E-state index in [1.807, 2.05) is 0 Å². The highest BCUT2D eigenvalue weighted by Crippen LogP contribution is 2.18. The SMILES string of the molecule is CNc1cc(NCCC(=O)NC2CC2)nc(COC)n1. The van der Waals surface area contributed by atoms with Gasteiger partial charge in [0.05, 0.1) is 0 Å². The first-order valence-electron chi connectivity index (χ1n) is 6.79. The van der Waals surface area contributed by atoms with E-state index in [0.29, 0.717) is 37.3 Å². The molecule has 1 aromatic heterocycles. The van der Waals surface area contributed by atoms with Crippen LogP contribution in [0.4, 0.5) is 11.6 Å². The first-order valence-corrected chi connectivity index (χ1v) is 6.79. The Morgan fingerprint density at radius 2 is 2.15 bits per heavy atom. The van der Waals surface area contributed by atoms with Crippen LogP contribution in [0.1, 0.15) is 25.1 Å². The molecule has 0 radical (unpaired) electrons. The van der Waals surface area contributed by atoms with Crippen molar-refractivity contribution in [3.05, 3.63) is 11.9 Å². The lowest BCUT2D eigenvalue weighted by Crippen LogP contribution is -2.27. The Morgan fingerprint density at radius 1 is 1.40 bits per heavy atom. The molecule has 0 aromatic carbocycles. The van der Waals surface area contributed by atoms with Crippen molar-refractivity contribution in [2.75, 3.05) is 31.3 Å². The minimum absolute atomic E-state index is 0.0833. The Bertz CT molecular complexity index is 462. The standard InChI is InChI=1S/C13H21N5O2/c1-14-10-7-11(18-12(17-10)8-20-2)15-6-5-13(19)16-9-3-4-9/h7,9H,3-6,8H2,1-2H3,(H,16,19)(H2,14,15,17,18). The maximum atomic E-state index is 11.6. The van der Waals surface area contributed by atoms with Crippen LogP contribution >= 0.6 is 0 Å². The number of amides is 1. The van der Waals surface area contributed by atoms with Crippen molar-refractivity contribution in [1.29, 1.82) is 0 Å². The van der Waals surface area contributed by atoms with E-state index in [9.17, 15) is 4.79 Å². The number of hydrogen-bond donors (Lipinski definition) is 3. The molecule has 1 aliphatic carbocycles. The molecule has 110 valence electrons. The third-order valence-electron chi connectivity index (χ3n) is 2.90. The number of ether oxygens (including phenoxy) is 1. The van der Waals surface area contributed by atoms with E-state index in [0.717, 1.165) is 18.7 Å². The Kier molecular flexibility index (Phi) is 5.11. The number of nitrogens with zero attached hydrogens (tertiary/aromatic N) is 2. The van der Waals surface area contributed by atoms with Gasteiger partial charge >= 0.3 is 0 Å². The van der Waals surface area contributed by atoms with E-state index < -0.39 is 0 Å². The number of hydrogen-bond acceptors (Lipinski definition) is 6. The van der Waals surface area contributed by atoms with Gasteiger partial charge in [0.2, 0.25) is 5.91 Å². The van der Waals surface area contributed by atoms with Crippen LogP contribution in [0.25, 0.3) is 0 Å². The van der Waals surface area contributed by atoms with Crippen molar-refractivity contribution >= 4 is 17.5 Å². The van der Waals surface area contributed by atoms with Crippen LogP contribution in [0.5, 0.6) is 0 Å². The lowest BCUT2D eigenvalue weighted by atomic mass is 10.3. The highest BCUT2D eigenvalue weighted by atomic mass is 16.5. The average Bonchev–Trinajstić information content (AvgIpc) is 3.22. The smallest absolute Gasteiger partial charge is 0.221 e. The fourth-order valence-corrected chi connectivity index (χ4v) is 1.74. The van der Waals surface area contributed by atoms with Gasteiger partial charge < -0.3 is 20.7 Å². The first kappa shape index (κ1) is 14.5. The molecule has 0 saturated heterocycles. The zero-order chi connectivity index (χ0) is 14.4. The van der Waals surface area contributed by atoms with Gasteiger partial charge in [-0.05, 0) is 12.8 Å². The molecule has 7 heteroatoms. The van der Waals surface area contributed by atoms with Gasteiger partial charge in [0.25, 0.3) is 0 Å². The number of carbonyl (C=O) groups is 1. The highest BCUT2D eigenvalue weighted by molar-refractivity contribution is 5.77. The third kappa shape index (κ3) is 4.65. The maximum Gasteiger partial charge on any atom is 0.221 e. The molecular formula is C13H21N5O2. The minimum Gasteiger partial charge on any atom is -0.377 e. The van der Waals surface area contributed by atoms with Gasteiger partial charge in [-0.2, -0.15) is 0 Å². The summed E-state index contributed by atoms with van der Waals surface area (Å²) in [4.78, 5) is 20.1. The predicted molar refractivity (Wildman–Crippen MR) is 76.6 cm³/mol. The van der Waals surface area contributed by atoms with E-state index >= 15 is 0 Å². The summed E-state index contributed by atoms with van der Waals surface area (Å²) in [6, 6.07) is 2.21. The molecule has 20 heavy (non-hydrogen) atoms. The summed E-state index contributed by atoms with van der Waals surface area (Å²) in [6.07, 6.45) is 2.66. The molecule has 1 aromatic rings. The molecule has 2 rings (SSSR count). The van der Waals surface area contributed by atoms with E-state index in [1.165, 1.54) is 0 Å². The van der Waals surface area contributed by atoms with Crippen molar-refractivity contribution < 1.29 is 9.53 Å². The predicted octanol–water partition coefficient (Wildman–Crippen LogP) is 0.745. The monoisotopic (exact) mass is 279 g/mol. The van der Waals surface area contributed by atoms with Crippen LogP contribution in [0.15, 0.2) is 6.07 Å². The Hall–Kier alpha value is -1.89. The molecule has 1 fully saturated rings. The minimum atomic E-state index is 0.0833. The number of methoxy groups -OCH3 is 1. The van der Waals surface area contributed by atoms with Gasteiger partial charge in [0, 0.05) is 39.2 Å². The fraction of sp³-hybridized carbons (Fsp3) is 0.615. The third-order valence-corrected chi connectivity index (χ3v) is 2.90. The number of anilines is 2.